The van der Waals surface area contributed by atoms with Crippen LogP contribution in [0.4, 0.5) is 5.69 Å². The van der Waals surface area contributed by atoms with Gasteiger partial charge in [0.25, 0.3) is 0 Å². The van der Waals surface area contributed by atoms with Gasteiger partial charge in [0.05, 0.1) is 5.69 Å². The lowest BCUT2D eigenvalue weighted by Crippen LogP contribution is -1.89. The van der Waals surface area contributed by atoms with Crippen molar-refractivity contribution in [3.8, 4) is 11.1 Å². The standard InChI is InChI=1S/C23H23N/c1-3-18(2)20-13-15-23(16-14-20)24-17-19-9-11-22(12-10-19)21-7-5-4-6-8-21/h4-18H,3H2,1-2H3. The van der Waals surface area contributed by atoms with E-state index in [9.17, 15) is 0 Å². The van der Waals surface area contributed by atoms with Crippen molar-refractivity contribution in [3.05, 3.63) is 90.0 Å². The SMILES string of the molecule is CCC(C)c1ccc(N=Cc2ccc(-c3ccccc3)cc2)cc1. The lowest BCUT2D eigenvalue weighted by Gasteiger charge is -2.08. The van der Waals surface area contributed by atoms with Gasteiger partial charge in [0.1, 0.15) is 0 Å². The van der Waals surface area contributed by atoms with E-state index >= 15 is 0 Å². The van der Waals surface area contributed by atoms with Gasteiger partial charge in [-0.25, -0.2) is 0 Å². The lowest BCUT2D eigenvalue weighted by atomic mass is 9.99. The van der Waals surface area contributed by atoms with Crippen LogP contribution >= 0.6 is 0 Å². The molecule has 3 aromatic rings. The monoisotopic (exact) mass is 313 g/mol. The Kier molecular flexibility index (Phi) is 5.22. The van der Waals surface area contributed by atoms with Crippen molar-refractivity contribution in [2.24, 2.45) is 4.99 Å². The molecule has 0 saturated heterocycles. The molecule has 0 aliphatic carbocycles. The zero-order chi connectivity index (χ0) is 16.8. The molecule has 0 spiro atoms. The molecule has 0 bridgehead atoms. The molecule has 0 fully saturated rings. The van der Waals surface area contributed by atoms with Crippen LogP contribution in [0, 0.1) is 0 Å². The Morgan fingerprint density at radius 1 is 0.792 bits per heavy atom. The van der Waals surface area contributed by atoms with Gasteiger partial charge in [-0.15, -0.1) is 0 Å². The highest BCUT2D eigenvalue weighted by Gasteiger charge is 2.01. The van der Waals surface area contributed by atoms with Gasteiger partial charge in [-0.2, -0.15) is 0 Å². The molecule has 0 aliphatic heterocycles. The highest BCUT2D eigenvalue weighted by molar-refractivity contribution is 5.83. The maximum atomic E-state index is 4.58. The molecule has 0 aliphatic rings. The van der Waals surface area contributed by atoms with Gasteiger partial charge in [-0.05, 0) is 46.7 Å². The average molecular weight is 313 g/mol. The molecular formula is C23H23N. The fraction of sp³-hybridized carbons (Fsp3) is 0.174. The Balaban J connectivity index is 1.70. The van der Waals surface area contributed by atoms with Crippen LogP contribution in [0.1, 0.15) is 37.3 Å². The first-order valence-corrected chi connectivity index (χ1v) is 8.56. The molecular weight excluding hydrogens is 290 g/mol. The summed E-state index contributed by atoms with van der Waals surface area (Å²) in [6.45, 7) is 4.47. The Morgan fingerprint density at radius 2 is 1.42 bits per heavy atom. The second-order valence-corrected chi connectivity index (χ2v) is 6.15. The van der Waals surface area contributed by atoms with Crippen molar-refractivity contribution < 1.29 is 0 Å². The van der Waals surface area contributed by atoms with Crippen LogP contribution in [0.15, 0.2) is 83.9 Å². The van der Waals surface area contributed by atoms with E-state index in [0.29, 0.717) is 5.92 Å². The Hall–Kier alpha value is -2.67. The molecule has 3 aromatic carbocycles. The summed E-state index contributed by atoms with van der Waals surface area (Å²) in [6, 6.07) is 27.5. The van der Waals surface area contributed by atoms with E-state index in [-0.39, 0.29) is 0 Å². The maximum absolute atomic E-state index is 4.58. The third-order valence-corrected chi connectivity index (χ3v) is 4.45. The van der Waals surface area contributed by atoms with Crippen LogP contribution in [0.5, 0.6) is 0 Å². The summed E-state index contributed by atoms with van der Waals surface area (Å²) in [5, 5.41) is 0. The first kappa shape index (κ1) is 16.2. The molecule has 0 heterocycles. The molecule has 0 N–H and O–H groups in total. The van der Waals surface area contributed by atoms with E-state index < -0.39 is 0 Å². The summed E-state index contributed by atoms with van der Waals surface area (Å²) in [6.07, 6.45) is 3.09. The van der Waals surface area contributed by atoms with E-state index in [0.717, 1.165) is 17.7 Å². The minimum absolute atomic E-state index is 0.605. The number of hydrogen-bond acceptors (Lipinski definition) is 1. The molecule has 3 rings (SSSR count). The van der Waals surface area contributed by atoms with Gasteiger partial charge in [0, 0.05) is 6.21 Å². The predicted octanol–water partition coefficient (Wildman–Crippen LogP) is 6.62. The summed E-state index contributed by atoms with van der Waals surface area (Å²) in [5.41, 5.74) is 5.95. The van der Waals surface area contributed by atoms with Gasteiger partial charge >= 0.3 is 0 Å². The summed E-state index contributed by atoms with van der Waals surface area (Å²) in [7, 11) is 0. The maximum Gasteiger partial charge on any atom is 0.0630 e. The fourth-order valence-corrected chi connectivity index (χ4v) is 2.67. The highest BCUT2D eigenvalue weighted by Crippen LogP contribution is 2.22. The second kappa shape index (κ2) is 7.74. The van der Waals surface area contributed by atoms with Crippen molar-refractivity contribution in [1.82, 2.24) is 0 Å². The summed E-state index contributed by atoms with van der Waals surface area (Å²) < 4.78 is 0. The van der Waals surface area contributed by atoms with E-state index in [4.69, 9.17) is 0 Å². The van der Waals surface area contributed by atoms with Gasteiger partial charge < -0.3 is 0 Å². The summed E-state index contributed by atoms with van der Waals surface area (Å²) in [4.78, 5) is 4.58. The largest absolute Gasteiger partial charge is 0.256 e. The van der Waals surface area contributed by atoms with Gasteiger partial charge in [0.2, 0.25) is 0 Å². The third kappa shape index (κ3) is 3.99. The number of aliphatic imine (C=N–C) groups is 1. The zero-order valence-electron chi connectivity index (χ0n) is 14.3. The molecule has 0 radical (unpaired) electrons. The number of hydrogen-bond donors (Lipinski definition) is 0. The molecule has 0 amide bonds. The van der Waals surface area contributed by atoms with Crippen molar-refractivity contribution in [2.45, 2.75) is 26.2 Å². The van der Waals surface area contributed by atoms with Crippen molar-refractivity contribution in [2.75, 3.05) is 0 Å². The number of nitrogens with zero attached hydrogens (tertiary/aromatic N) is 1. The lowest BCUT2D eigenvalue weighted by molar-refractivity contribution is 0.734. The van der Waals surface area contributed by atoms with Crippen LogP contribution < -0.4 is 0 Å². The van der Waals surface area contributed by atoms with Crippen molar-refractivity contribution in [1.29, 1.82) is 0 Å². The van der Waals surface area contributed by atoms with E-state index in [1.54, 1.807) is 0 Å². The zero-order valence-corrected chi connectivity index (χ0v) is 14.3. The van der Waals surface area contributed by atoms with Crippen LogP contribution in [0.2, 0.25) is 0 Å². The highest BCUT2D eigenvalue weighted by atomic mass is 14.7. The van der Waals surface area contributed by atoms with Crippen molar-refractivity contribution in [3.63, 3.8) is 0 Å². The Morgan fingerprint density at radius 3 is 2.04 bits per heavy atom. The Labute approximate surface area is 144 Å². The fourth-order valence-electron chi connectivity index (χ4n) is 2.67. The van der Waals surface area contributed by atoms with Gasteiger partial charge in [-0.1, -0.05) is 80.6 Å². The van der Waals surface area contributed by atoms with Gasteiger partial charge in [0.15, 0.2) is 0 Å². The normalized spacial score (nSPS) is 12.4. The summed E-state index contributed by atoms with van der Waals surface area (Å²) >= 11 is 0. The number of rotatable bonds is 5. The van der Waals surface area contributed by atoms with E-state index in [1.165, 1.54) is 16.7 Å². The smallest absolute Gasteiger partial charge is 0.0630 e. The first-order chi connectivity index (χ1) is 11.8. The van der Waals surface area contributed by atoms with E-state index in [1.807, 2.05) is 12.3 Å². The quantitative estimate of drug-likeness (QED) is 0.469. The minimum atomic E-state index is 0.605. The molecule has 0 saturated carbocycles. The third-order valence-electron chi connectivity index (χ3n) is 4.45. The molecule has 1 heteroatoms. The molecule has 0 aromatic heterocycles. The van der Waals surface area contributed by atoms with Gasteiger partial charge in [-0.3, -0.25) is 4.99 Å². The van der Waals surface area contributed by atoms with Crippen LogP contribution in [-0.4, -0.2) is 6.21 Å². The number of benzene rings is 3. The topological polar surface area (TPSA) is 12.4 Å². The summed E-state index contributed by atoms with van der Waals surface area (Å²) in [5.74, 6) is 0.605. The Bertz CT molecular complexity index is 784. The van der Waals surface area contributed by atoms with E-state index in [2.05, 4.69) is 91.6 Å². The van der Waals surface area contributed by atoms with Crippen LogP contribution in [0.3, 0.4) is 0 Å². The molecule has 1 atom stereocenters. The second-order valence-electron chi connectivity index (χ2n) is 6.15. The average Bonchev–Trinajstić information content (AvgIpc) is 2.67. The molecule has 120 valence electrons. The molecule has 1 nitrogen and oxygen atoms in total. The first-order valence-electron chi connectivity index (χ1n) is 8.56. The predicted molar refractivity (Wildman–Crippen MR) is 104 cm³/mol. The van der Waals surface area contributed by atoms with Crippen LogP contribution in [-0.2, 0) is 0 Å². The van der Waals surface area contributed by atoms with Crippen LogP contribution in [0.25, 0.3) is 11.1 Å². The molecule has 24 heavy (non-hydrogen) atoms. The minimum Gasteiger partial charge on any atom is -0.256 e. The molecule has 1 unspecified atom stereocenters. The van der Waals surface area contributed by atoms with Crippen molar-refractivity contribution >= 4 is 11.9 Å².